The van der Waals surface area contributed by atoms with Crippen molar-refractivity contribution in [2.45, 2.75) is 36.6 Å². The van der Waals surface area contributed by atoms with E-state index in [0.717, 1.165) is 24.8 Å². The Bertz CT molecular complexity index is 972. The summed E-state index contributed by atoms with van der Waals surface area (Å²) in [5, 5.41) is 11.7. The van der Waals surface area contributed by atoms with Crippen LogP contribution in [-0.2, 0) is 12.8 Å². The van der Waals surface area contributed by atoms with Crippen molar-refractivity contribution in [1.29, 1.82) is 0 Å². The van der Waals surface area contributed by atoms with E-state index in [0.29, 0.717) is 10.8 Å². The molecule has 3 aromatic rings. The first-order chi connectivity index (χ1) is 12.6. The predicted molar refractivity (Wildman–Crippen MR) is 97.2 cm³/mol. The van der Waals surface area contributed by atoms with Gasteiger partial charge in [-0.05, 0) is 72.0 Å². The lowest BCUT2D eigenvalue weighted by molar-refractivity contribution is 0.0993. The number of benzene rings is 2. The number of thioether (sulfide) groups is 1. The third-order valence-corrected chi connectivity index (χ3v) is 5.56. The van der Waals surface area contributed by atoms with E-state index in [1.54, 1.807) is 12.1 Å². The highest BCUT2D eigenvalue weighted by atomic mass is 32.2. The number of Topliss-reactive ketones (excluding diaryl/α,β-unsaturated/α-hetero) is 1. The van der Waals surface area contributed by atoms with Gasteiger partial charge in [0.05, 0.1) is 10.9 Å². The van der Waals surface area contributed by atoms with Gasteiger partial charge in [-0.25, -0.2) is 4.39 Å². The first kappa shape index (κ1) is 16.9. The van der Waals surface area contributed by atoms with Crippen LogP contribution in [0.5, 0.6) is 0 Å². The number of nitrogens with zero attached hydrogens (tertiary/aromatic N) is 4. The number of carbonyl (C=O) groups is 1. The van der Waals surface area contributed by atoms with Crippen LogP contribution in [-0.4, -0.2) is 31.2 Å². The Labute approximate surface area is 154 Å². The van der Waals surface area contributed by atoms with Crippen LogP contribution in [0, 0.1) is 5.82 Å². The van der Waals surface area contributed by atoms with E-state index in [2.05, 4.69) is 21.6 Å². The molecular formula is C19H17FN4OS. The molecule has 0 spiro atoms. The van der Waals surface area contributed by atoms with Gasteiger partial charge in [0.2, 0.25) is 5.16 Å². The summed E-state index contributed by atoms with van der Waals surface area (Å²) < 4.78 is 14.9. The van der Waals surface area contributed by atoms with Crippen LogP contribution in [0.2, 0.25) is 0 Å². The summed E-state index contributed by atoms with van der Waals surface area (Å²) in [6.07, 6.45) is 3.28. The van der Waals surface area contributed by atoms with Crippen molar-refractivity contribution in [1.82, 2.24) is 20.2 Å². The van der Waals surface area contributed by atoms with Crippen molar-refractivity contribution in [3.63, 3.8) is 0 Å². The van der Waals surface area contributed by atoms with Gasteiger partial charge in [0.1, 0.15) is 5.82 Å². The molecule has 132 valence electrons. The number of tetrazole rings is 1. The quantitative estimate of drug-likeness (QED) is 0.508. The molecule has 5 nitrogen and oxygen atoms in total. The number of ketones is 1. The van der Waals surface area contributed by atoms with Crippen LogP contribution in [0.25, 0.3) is 5.69 Å². The minimum absolute atomic E-state index is 0.0403. The summed E-state index contributed by atoms with van der Waals surface area (Å²) in [5.41, 5.74) is 3.86. The highest BCUT2D eigenvalue weighted by Crippen LogP contribution is 2.28. The lowest BCUT2D eigenvalue weighted by Gasteiger charge is -2.11. The van der Waals surface area contributed by atoms with Gasteiger partial charge in [0, 0.05) is 5.56 Å². The van der Waals surface area contributed by atoms with E-state index in [1.807, 2.05) is 19.1 Å². The van der Waals surface area contributed by atoms with E-state index in [4.69, 9.17) is 0 Å². The number of fused-ring (bicyclic) bond motifs is 1. The fourth-order valence-electron chi connectivity index (χ4n) is 3.19. The fraction of sp³-hybridized carbons (Fsp3) is 0.263. The zero-order valence-corrected chi connectivity index (χ0v) is 15.0. The van der Waals surface area contributed by atoms with Crippen molar-refractivity contribution in [3.8, 4) is 5.69 Å². The van der Waals surface area contributed by atoms with Crippen LogP contribution in [0.4, 0.5) is 4.39 Å². The molecule has 0 saturated carbocycles. The zero-order valence-electron chi connectivity index (χ0n) is 14.2. The average Bonchev–Trinajstić information content (AvgIpc) is 3.29. The third-order valence-electron chi connectivity index (χ3n) is 4.53. The Morgan fingerprint density at radius 2 is 2.04 bits per heavy atom. The first-order valence-electron chi connectivity index (χ1n) is 8.49. The Morgan fingerprint density at radius 3 is 2.88 bits per heavy atom. The summed E-state index contributed by atoms with van der Waals surface area (Å²) in [4.78, 5) is 12.8. The maximum absolute atomic E-state index is 13.5. The maximum Gasteiger partial charge on any atom is 0.214 e. The molecule has 0 saturated heterocycles. The molecule has 0 N–H and O–H groups in total. The summed E-state index contributed by atoms with van der Waals surface area (Å²) in [6, 6.07) is 12.0. The normalized spacial score (nSPS) is 14.2. The highest BCUT2D eigenvalue weighted by Gasteiger charge is 2.22. The first-order valence-corrected chi connectivity index (χ1v) is 9.37. The molecular weight excluding hydrogens is 351 g/mol. The topological polar surface area (TPSA) is 60.7 Å². The van der Waals surface area contributed by atoms with Gasteiger partial charge in [-0.1, -0.05) is 30.0 Å². The van der Waals surface area contributed by atoms with Crippen LogP contribution >= 0.6 is 11.8 Å². The summed E-state index contributed by atoms with van der Waals surface area (Å²) in [6.45, 7) is 1.84. The molecule has 1 aliphatic carbocycles. The molecule has 0 aliphatic heterocycles. The molecule has 0 radical (unpaired) electrons. The van der Waals surface area contributed by atoms with E-state index in [1.165, 1.54) is 39.7 Å². The monoisotopic (exact) mass is 368 g/mol. The minimum atomic E-state index is -0.365. The van der Waals surface area contributed by atoms with E-state index in [9.17, 15) is 9.18 Å². The van der Waals surface area contributed by atoms with E-state index < -0.39 is 0 Å². The van der Waals surface area contributed by atoms with Gasteiger partial charge < -0.3 is 0 Å². The van der Waals surface area contributed by atoms with Crippen LogP contribution in [0.15, 0.2) is 47.6 Å². The SMILES string of the molecule is C[C@H](Sc1nnnn1-c1cccc(F)c1)C(=O)c1ccc2c(c1)CCC2. The molecule has 0 fully saturated rings. The number of aryl methyl sites for hydroxylation is 2. The number of hydrogen-bond donors (Lipinski definition) is 0. The van der Waals surface area contributed by atoms with Gasteiger partial charge in [-0.2, -0.15) is 4.68 Å². The molecule has 0 amide bonds. The molecule has 26 heavy (non-hydrogen) atoms. The third kappa shape index (κ3) is 3.26. The molecule has 4 rings (SSSR count). The Kier molecular flexibility index (Phi) is 4.55. The maximum atomic E-state index is 13.5. The second-order valence-corrected chi connectivity index (χ2v) is 7.62. The molecule has 7 heteroatoms. The van der Waals surface area contributed by atoms with E-state index >= 15 is 0 Å². The number of rotatable bonds is 5. The number of aromatic nitrogens is 4. The van der Waals surface area contributed by atoms with Crippen molar-refractivity contribution < 1.29 is 9.18 Å². The Balaban J connectivity index is 1.54. The van der Waals surface area contributed by atoms with Crippen molar-refractivity contribution >= 4 is 17.5 Å². The standard InChI is InChI=1S/C19H17FN4OS/c1-12(18(25)15-9-8-13-4-2-5-14(13)10-15)26-19-21-22-23-24(19)17-7-3-6-16(20)11-17/h3,6-12H,2,4-5H2,1H3/t12-/m0/s1. The lowest BCUT2D eigenvalue weighted by Crippen LogP contribution is -2.15. The van der Waals surface area contributed by atoms with E-state index in [-0.39, 0.29) is 16.9 Å². The lowest BCUT2D eigenvalue weighted by atomic mass is 10.0. The second kappa shape index (κ2) is 6.99. The van der Waals surface area contributed by atoms with Gasteiger partial charge >= 0.3 is 0 Å². The van der Waals surface area contributed by atoms with Gasteiger partial charge in [-0.15, -0.1) is 5.10 Å². The minimum Gasteiger partial charge on any atom is -0.293 e. The molecule has 0 unspecified atom stereocenters. The fourth-order valence-corrected chi connectivity index (χ4v) is 4.08. The average molecular weight is 368 g/mol. The van der Waals surface area contributed by atoms with Crippen LogP contribution < -0.4 is 0 Å². The molecule has 1 heterocycles. The second-order valence-electron chi connectivity index (χ2n) is 6.31. The van der Waals surface area contributed by atoms with Crippen molar-refractivity contribution in [2.24, 2.45) is 0 Å². The van der Waals surface area contributed by atoms with Crippen molar-refractivity contribution in [2.75, 3.05) is 0 Å². The molecule has 2 aromatic carbocycles. The zero-order chi connectivity index (χ0) is 18.1. The molecule has 0 bridgehead atoms. The Morgan fingerprint density at radius 1 is 1.19 bits per heavy atom. The number of carbonyl (C=O) groups excluding carboxylic acids is 1. The van der Waals surface area contributed by atoms with Gasteiger partial charge in [0.25, 0.3) is 0 Å². The van der Waals surface area contributed by atoms with Crippen LogP contribution in [0.1, 0.15) is 34.8 Å². The van der Waals surface area contributed by atoms with Gasteiger partial charge in [0.15, 0.2) is 5.78 Å². The molecule has 1 atom stereocenters. The Hall–Kier alpha value is -2.54. The largest absolute Gasteiger partial charge is 0.293 e. The molecule has 1 aromatic heterocycles. The number of halogens is 1. The number of hydrogen-bond acceptors (Lipinski definition) is 5. The molecule has 1 aliphatic rings. The summed E-state index contributed by atoms with van der Waals surface area (Å²) in [5.74, 6) is -0.324. The van der Waals surface area contributed by atoms with Crippen molar-refractivity contribution in [3.05, 3.63) is 65.0 Å². The smallest absolute Gasteiger partial charge is 0.214 e. The highest BCUT2D eigenvalue weighted by molar-refractivity contribution is 8.00. The van der Waals surface area contributed by atoms with Crippen LogP contribution in [0.3, 0.4) is 0 Å². The predicted octanol–water partition coefficient (Wildman–Crippen LogP) is 3.65. The van der Waals surface area contributed by atoms with Gasteiger partial charge in [-0.3, -0.25) is 4.79 Å². The summed E-state index contributed by atoms with van der Waals surface area (Å²) >= 11 is 1.27. The summed E-state index contributed by atoms with van der Waals surface area (Å²) in [7, 11) is 0.